The number of hydrogen-bond acceptors (Lipinski definition) is 3. The Bertz CT molecular complexity index is 318. The van der Waals surface area contributed by atoms with Crippen LogP contribution in [0.2, 0.25) is 5.02 Å². The first-order chi connectivity index (χ1) is 7.65. The number of methoxy groups -OCH3 is 1. The first-order valence-corrected chi connectivity index (χ1v) is 5.83. The zero-order valence-corrected chi connectivity index (χ0v) is 10.8. The highest BCUT2D eigenvalue weighted by Crippen LogP contribution is 2.13. The third-order valence-electron chi connectivity index (χ3n) is 2.56. The summed E-state index contributed by atoms with van der Waals surface area (Å²) < 4.78 is 5.18. The molecule has 1 rings (SSSR count). The van der Waals surface area contributed by atoms with Gasteiger partial charge in [0.1, 0.15) is 0 Å². The molecule has 16 heavy (non-hydrogen) atoms. The number of halogens is 1. The van der Waals surface area contributed by atoms with Crippen LogP contribution in [-0.4, -0.2) is 24.7 Å². The van der Waals surface area contributed by atoms with Gasteiger partial charge in [0.2, 0.25) is 0 Å². The van der Waals surface area contributed by atoms with Crippen molar-refractivity contribution in [3.8, 4) is 0 Å². The second-order valence-electron chi connectivity index (χ2n) is 4.15. The zero-order chi connectivity index (χ0) is 12.0. The number of nitrogens with one attached hydrogen (secondary N) is 1. The smallest absolute Gasteiger partial charge is 0.0634 e. The standard InChI is InChI=1S/C12H19ClN2O/c1-9(2)12(8-16-3)15-6-10-4-5-14-7-11(10)13/h4-5,7,9,12,15H,6,8H2,1-3H3. The van der Waals surface area contributed by atoms with Crippen LogP contribution in [0.25, 0.3) is 0 Å². The minimum atomic E-state index is 0.342. The van der Waals surface area contributed by atoms with E-state index in [1.54, 1.807) is 19.5 Å². The average Bonchev–Trinajstić information content (AvgIpc) is 2.26. The maximum Gasteiger partial charge on any atom is 0.0634 e. The highest BCUT2D eigenvalue weighted by Gasteiger charge is 2.12. The van der Waals surface area contributed by atoms with Gasteiger partial charge in [0.25, 0.3) is 0 Å². The predicted octanol–water partition coefficient (Wildman–Crippen LogP) is 2.50. The Morgan fingerprint density at radius 2 is 2.25 bits per heavy atom. The van der Waals surface area contributed by atoms with Gasteiger partial charge in [-0.25, -0.2) is 0 Å². The molecule has 0 aliphatic heterocycles. The first kappa shape index (κ1) is 13.4. The summed E-state index contributed by atoms with van der Waals surface area (Å²) in [5, 5.41) is 4.14. The molecule has 1 heterocycles. The fourth-order valence-corrected chi connectivity index (χ4v) is 1.64. The highest BCUT2D eigenvalue weighted by atomic mass is 35.5. The van der Waals surface area contributed by atoms with E-state index in [-0.39, 0.29) is 0 Å². The lowest BCUT2D eigenvalue weighted by Crippen LogP contribution is -2.37. The van der Waals surface area contributed by atoms with Crippen molar-refractivity contribution in [2.45, 2.75) is 26.4 Å². The molecule has 0 radical (unpaired) electrons. The Labute approximate surface area is 102 Å². The van der Waals surface area contributed by atoms with Gasteiger partial charge in [0, 0.05) is 32.1 Å². The van der Waals surface area contributed by atoms with Crippen LogP contribution in [0.3, 0.4) is 0 Å². The monoisotopic (exact) mass is 242 g/mol. The van der Waals surface area contributed by atoms with Crippen molar-refractivity contribution in [1.82, 2.24) is 10.3 Å². The molecule has 0 amide bonds. The molecule has 0 bridgehead atoms. The molecule has 0 aromatic carbocycles. The van der Waals surface area contributed by atoms with Gasteiger partial charge < -0.3 is 10.1 Å². The number of pyridine rings is 1. The molecule has 1 aromatic heterocycles. The van der Waals surface area contributed by atoms with Crippen molar-refractivity contribution in [3.05, 3.63) is 29.0 Å². The van der Waals surface area contributed by atoms with E-state index < -0.39 is 0 Å². The third-order valence-corrected chi connectivity index (χ3v) is 2.90. The quantitative estimate of drug-likeness (QED) is 0.832. The summed E-state index contributed by atoms with van der Waals surface area (Å²) in [6, 6.07) is 2.27. The molecule has 4 heteroatoms. The topological polar surface area (TPSA) is 34.1 Å². The molecule has 1 aromatic rings. The fraction of sp³-hybridized carbons (Fsp3) is 0.583. The highest BCUT2D eigenvalue weighted by molar-refractivity contribution is 6.31. The molecule has 0 aliphatic carbocycles. The van der Waals surface area contributed by atoms with Gasteiger partial charge in [-0.1, -0.05) is 25.4 Å². The molecular weight excluding hydrogens is 224 g/mol. The summed E-state index contributed by atoms with van der Waals surface area (Å²) in [7, 11) is 1.72. The van der Waals surface area contributed by atoms with Gasteiger partial charge in [0.15, 0.2) is 0 Å². The summed E-state index contributed by atoms with van der Waals surface area (Å²) in [4.78, 5) is 3.96. The molecule has 0 saturated carbocycles. The van der Waals surface area contributed by atoms with E-state index in [9.17, 15) is 0 Å². The number of ether oxygens (including phenoxy) is 1. The van der Waals surface area contributed by atoms with Crippen LogP contribution in [0.4, 0.5) is 0 Å². The lowest BCUT2D eigenvalue weighted by atomic mass is 10.1. The van der Waals surface area contributed by atoms with E-state index in [1.165, 1.54) is 0 Å². The van der Waals surface area contributed by atoms with Crippen molar-refractivity contribution >= 4 is 11.6 Å². The maximum absolute atomic E-state index is 6.03. The van der Waals surface area contributed by atoms with E-state index in [0.29, 0.717) is 23.6 Å². The van der Waals surface area contributed by atoms with Crippen molar-refractivity contribution in [2.75, 3.05) is 13.7 Å². The third kappa shape index (κ3) is 4.08. The predicted molar refractivity (Wildman–Crippen MR) is 66.6 cm³/mol. The number of hydrogen-bond donors (Lipinski definition) is 1. The summed E-state index contributed by atoms with van der Waals surface area (Å²) in [6.45, 7) is 5.80. The van der Waals surface area contributed by atoms with E-state index in [2.05, 4.69) is 24.1 Å². The number of aromatic nitrogens is 1. The molecule has 3 nitrogen and oxygen atoms in total. The average molecular weight is 243 g/mol. The van der Waals surface area contributed by atoms with Crippen LogP contribution in [0.15, 0.2) is 18.5 Å². The normalized spacial score (nSPS) is 13.1. The van der Waals surface area contributed by atoms with Crippen LogP contribution < -0.4 is 5.32 Å². The van der Waals surface area contributed by atoms with Gasteiger partial charge >= 0.3 is 0 Å². The van der Waals surface area contributed by atoms with Crippen LogP contribution in [0.5, 0.6) is 0 Å². The lowest BCUT2D eigenvalue weighted by Gasteiger charge is -2.21. The Morgan fingerprint density at radius 1 is 1.50 bits per heavy atom. The molecule has 90 valence electrons. The first-order valence-electron chi connectivity index (χ1n) is 5.46. The molecular formula is C12H19ClN2O. The minimum Gasteiger partial charge on any atom is -0.383 e. The Kier molecular flexibility index (Phi) is 5.74. The fourth-order valence-electron chi connectivity index (χ4n) is 1.46. The van der Waals surface area contributed by atoms with Gasteiger partial charge in [-0.3, -0.25) is 4.98 Å². The molecule has 1 N–H and O–H groups in total. The second-order valence-corrected chi connectivity index (χ2v) is 4.56. The summed E-state index contributed by atoms with van der Waals surface area (Å²) >= 11 is 6.03. The van der Waals surface area contributed by atoms with Gasteiger partial charge in [0.05, 0.1) is 11.6 Å². The van der Waals surface area contributed by atoms with Crippen molar-refractivity contribution in [1.29, 1.82) is 0 Å². The van der Waals surface area contributed by atoms with Crippen LogP contribution in [-0.2, 0) is 11.3 Å². The van der Waals surface area contributed by atoms with E-state index >= 15 is 0 Å². The van der Waals surface area contributed by atoms with E-state index in [1.807, 2.05) is 6.07 Å². The van der Waals surface area contributed by atoms with Crippen molar-refractivity contribution in [3.63, 3.8) is 0 Å². The molecule has 0 saturated heterocycles. The largest absolute Gasteiger partial charge is 0.383 e. The summed E-state index contributed by atoms with van der Waals surface area (Å²) in [5.74, 6) is 0.528. The van der Waals surface area contributed by atoms with Crippen LogP contribution in [0, 0.1) is 5.92 Å². The molecule has 0 fully saturated rings. The molecule has 1 unspecified atom stereocenters. The Morgan fingerprint density at radius 3 is 2.81 bits per heavy atom. The van der Waals surface area contributed by atoms with E-state index in [0.717, 1.165) is 12.1 Å². The zero-order valence-electron chi connectivity index (χ0n) is 10.0. The Balaban J connectivity index is 2.52. The summed E-state index contributed by atoms with van der Waals surface area (Å²) in [6.07, 6.45) is 3.42. The SMILES string of the molecule is COCC(NCc1ccncc1Cl)C(C)C. The van der Waals surface area contributed by atoms with Gasteiger partial charge in [-0.2, -0.15) is 0 Å². The van der Waals surface area contributed by atoms with Crippen molar-refractivity contribution < 1.29 is 4.74 Å². The summed E-state index contributed by atoms with van der Waals surface area (Å²) in [5.41, 5.74) is 1.07. The Hall–Kier alpha value is -0.640. The van der Waals surface area contributed by atoms with Crippen LogP contribution in [0.1, 0.15) is 19.4 Å². The molecule has 0 spiro atoms. The second kappa shape index (κ2) is 6.84. The van der Waals surface area contributed by atoms with Crippen molar-refractivity contribution in [2.24, 2.45) is 5.92 Å². The number of rotatable bonds is 6. The van der Waals surface area contributed by atoms with E-state index in [4.69, 9.17) is 16.3 Å². The molecule has 0 aliphatic rings. The maximum atomic E-state index is 6.03. The number of nitrogens with zero attached hydrogens (tertiary/aromatic N) is 1. The van der Waals surface area contributed by atoms with Gasteiger partial charge in [-0.05, 0) is 17.5 Å². The molecule has 1 atom stereocenters. The lowest BCUT2D eigenvalue weighted by molar-refractivity contribution is 0.146. The minimum absolute atomic E-state index is 0.342. The van der Waals surface area contributed by atoms with Crippen LogP contribution >= 0.6 is 11.6 Å². The van der Waals surface area contributed by atoms with Gasteiger partial charge in [-0.15, -0.1) is 0 Å².